The van der Waals surface area contributed by atoms with Gasteiger partial charge in [0.1, 0.15) is 12.1 Å². The van der Waals surface area contributed by atoms with E-state index in [0.29, 0.717) is 6.42 Å². The molecular formula is C20H27N3O3. The number of carbonyl (C=O) groups excluding carboxylic acids is 3. The Balaban J connectivity index is 1.80. The Morgan fingerprint density at radius 1 is 1.27 bits per heavy atom. The Morgan fingerprint density at radius 3 is 2.58 bits per heavy atom. The number of hydrogen-bond acceptors (Lipinski definition) is 3. The van der Waals surface area contributed by atoms with Gasteiger partial charge in [-0.15, -0.1) is 0 Å². The number of para-hydroxylation sites is 1. The van der Waals surface area contributed by atoms with Gasteiger partial charge in [0.15, 0.2) is 0 Å². The number of carbonyl (C=O) groups is 3. The monoisotopic (exact) mass is 357 g/mol. The summed E-state index contributed by atoms with van der Waals surface area (Å²) >= 11 is 0. The van der Waals surface area contributed by atoms with Crippen LogP contribution in [0.2, 0.25) is 0 Å². The van der Waals surface area contributed by atoms with Crippen LogP contribution in [0, 0.1) is 5.92 Å². The number of nitrogens with zero attached hydrogens (tertiary/aromatic N) is 2. The number of benzene rings is 1. The van der Waals surface area contributed by atoms with Gasteiger partial charge < -0.3 is 10.2 Å². The summed E-state index contributed by atoms with van der Waals surface area (Å²) in [5.41, 5.74) is -0.0642. The number of imide groups is 1. The standard InChI is InChI=1S/C20H27N3O3/c1-14(2)23(16-10-5-4-6-11-16)17(24)13-22-18(25)20(21-19(22)26)12-8-7-9-15(20)3/h4-6,10-11,14-15H,7-9,12-13H2,1-3H3,(H,21,26)/t15-,20+/m0/s1. The van der Waals surface area contributed by atoms with Crippen LogP contribution in [0.5, 0.6) is 0 Å². The lowest BCUT2D eigenvalue weighted by Gasteiger charge is -2.37. The lowest BCUT2D eigenvalue weighted by molar-refractivity contribution is -0.136. The lowest BCUT2D eigenvalue weighted by Crippen LogP contribution is -2.54. The molecule has 140 valence electrons. The molecule has 1 N–H and O–H groups in total. The van der Waals surface area contributed by atoms with Crippen molar-refractivity contribution < 1.29 is 14.4 Å². The van der Waals surface area contributed by atoms with E-state index in [1.54, 1.807) is 4.90 Å². The molecule has 6 nitrogen and oxygen atoms in total. The van der Waals surface area contributed by atoms with Gasteiger partial charge >= 0.3 is 6.03 Å². The Morgan fingerprint density at radius 2 is 1.96 bits per heavy atom. The van der Waals surface area contributed by atoms with Gasteiger partial charge in [0.25, 0.3) is 5.91 Å². The summed E-state index contributed by atoms with van der Waals surface area (Å²) in [4.78, 5) is 41.2. The maximum atomic E-state index is 13.0. The van der Waals surface area contributed by atoms with Crippen molar-refractivity contribution in [1.29, 1.82) is 0 Å². The molecule has 4 amide bonds. The first-order valence-electron chi connectivity index (χ1n) is 9.38. The Kier molecular flexibility index (Phi) is 5.03. The fraction of sp³-hybridized carbons (Fsp3) is 0.550. The molecule has 0 aromatic heterocycles. The van der Waals surface area contributed by atoms with Crippen molar-refractivity contribution >= 4 is 23.5 Å². The van der Waals surface area contributed by atoms with E-state index in [0.717, 1.165) is 29.8 Å². The maximum Gasteiger partial charge on any atom is 0.325 e. The molecule has 1 spiro atoms. The third-order valence-corrected chi connectivity index (χ3v) is 5.61. The van der Waals surface area contributed by atoms with Crippen molar-refractivity contribution in [2.75, 3.05) is 11.4 Å². The Bertz CT molecular complexity index is 704. The number of anilines is 1. The minimum absolute atomic E-state index is 0.0757. The second-order valence-corrected chi connectivity index (χ2v) is 7.63. The van der Waals surface area contributed by atoms with Gasteiger partial charge in [0.05, 0.1) is 0 Å². The summed E-state index contributed by atoms with van der Waals surface area (Å²) in [7, 11) is 0. The van der Waals surface area contributed by atoms with Crippen molar-refractivity contribution in [3.8, 4) is 0 Å². The largest absolute Gasteiger partial charge is 0.325 e. The van der Waals surface area contributed by atoms with E-state index in [1.807, 2.05) is 51.1 Å². The Labute approximate surface area is 154 Å². The predicted molar refractivity (Wildman–Crippen MR) is 99.7 cm³/mol. The third kappa shape index (κ3) is 3.08. The molecule has 2 atom stereocenters. The first-order chi connectivity index (χ1) is 12.4. The molecule has 2 fully saturated rings. The van der Waals surface area contributed by atoms with Crippen LogP contribution in [-0.2, 0) is 9.59 Å². The molecule has 1 aliphatic heterocycles. The van der Waals surface area contributed by atoms with E-state index >= 15 is 0 Å². The molecule has 1 aliphatic carbocycles. The van der Waals surface area contributed by atoms with E-state index in [-0.39, 0.29) is 30.3 Å². The summed E-state index contributed by atoms with van der Waals surface area (Å²) in [6.45, 7) is 5.61. The maximum absolute atomic E-state index is 13.0. The van der Waals surface area contributed by atoms with E-state index in [2.05, 4.69) is 5.32 Å². The zero-order valence-electron chi connectivity index (χ0n) is 15.7. The molecular weight excluding hydrogens is 330 g/mol. The topological polar surface area (TPSA) is 69.7 Å². The molecule has 1 aromatic carbocycles. The summed E-state index contributed by atoms with van der Waals surface area (Å²) in [6.07, 6.45) is 3.55. The van der Waals surface area contributed by atoms with E-state index in [4.69, 9.17) is 0 Å². The first-order valence-corrected chi connectivity index (χ1v) is 9.38. The van der Waals surface area contributed by atoms with E-state index in [9.17, 15) is 14.4 Å². The van der Waals surface area contributed by atoms with Crippen LogP contribution >= 0.6 is 0 Å². The molecule has 0 bridgehead atoms. The van der Waals surface area contributed by atoms with Crippen molar-refractivity contribution in [3.63, 3.8) is 0 Å². The molecule has 26 heavy (non-hydrogen) atoms. The van der Waals surface area contributed by atoms with Crippen molar-refractivity contribution in [2.24, 2.45) is 5.92 Å². The zero-order valence-corrected chi connectivity index (χ0v) is 15.7. The van der Waals surface area contributed by atoms with E-state index < -0.39 is 11.6 Å². The summed E-state index contributed by atoms with van der Waals surface area (Å²) in [5.74, 6) is -0.418. The molecule has 0 unspecified atom stereocenters. The molecule has 0 radical (unpaired) electrons. The summed E-state index contributed by atoms with van der Waals surface area (Å²) in [5, 5.41) is 2.90. The minimum Gasteiger partial charge on any atom is -0.323 e. The van der Waals surface area contributed by atoms with Gasteiger partial charge in [0, 0.05) is 11.7 Å². The number of rotatable bonds is 4. The highest BCUT2D eigenvalue weighted by Gasteiger charge is 2.55. The number of nitrogens with one attached hydrogen (secondary N) is 1. The molecule has 6 heteroatoms. The summed E-state index contributed by atoms with van der Waals surface area (Å²) in [6, 6.07) is 8.80. The van der Waals surface area contributed by atoms with E-state index in [1.165, 1.54) is 0 Å². The Hall–Kier alpha value is -2.37. The highest BCUT2D eigenvalue weighted by atomic mass is 16.2. The SMILES string of the molecule is CC(C)N(C(=O)CN1C(=O)N[C@@]2(CCCC[C@@H]2C)C1=O)c1ccccc1. The van der Waals surface area contributed by atoms with Gasteiger partial charge in [-0.25, -0.2) is 4.79 Å². The van der Waals surface area contributed by atoms with Gasteiger partial charge in [-0.3, -0.25) is 14.5 Å². The highest BCUT2D eigenvalue weighted by Crippen LogP contribution is 2.38. The quantitative estimate of drug-likeness (QED) is 0.843. The average Bonchev–Trinajstić information content (AvgIpc) is 2.83. The number of hydrogen-bond donors (Lipinski definition) is 1. The number of amides is 4. The molecule has 2 aliphatic rings. The van der Waals surface area contributed by atoms with Crippen LogP contribution < -0.4 is 10.2 Å². The smallest absolute Gasteiger partial charge is 0.323 e. The molecule has 3 rings (SSSR count). The third-order valence-electron chi connectivity index (χ3n) is 5.61. The van der Waals surface area contributed by atoms with Gasteiger partial charge in [-0.2, -0.15) is 0 Å². The minimum atomic E-state index is -0.828. The highest BCUT2D eigenvalue weighted by molar-refractivity contribution is 6.10. The summed E-state index contributed by atoms with van der Waals surface area (Å²) < 4.78 is 0. The van der Waals surface area contributed by atoms with Crippen LogP contribution in [0.1, 0.15) is 46.5 Å². The van der Waals surface area contributed by atoms with Crippen LogP contribution in [0.3, 0.4) is 0 Å². The second-order valence-electron chi connectivity index (χ2n) is 7.63. The number of urea groups is 1. The van der Waals surface area contributed by atoms with Crippen molar-refractivity contribution in [2.45, 2.75) is 58.0 Å². The van der Waals surface area contributed by atoms with Crippen LogP contribution in [0.25, 0.3) is 0 Å². The fourth-order valence-corrected chi connectivity index (χ4v) is 4.17. The molecule has 1 heterocycles. The zero-order chi connectivity index (χ0) is 18.9. The van der Waals surface area contributed by atoms with Crippen molar-refractivity contribution in [3.05, 3.63) is 30.3 Å². The fourth-order valence-electron chi connectivity index (χ4n) is 4.17. The average molecular weight is 357 g/mol. The first kappa shape index (κ1) is 18.4. The van der Waals surface area contributed by atoms with Gasteiger partial charge in [-0.05, 0) is 44.7 Å². The van der Waals surface area contributed by atoms with Gasteiger partial charge in [0.2, 0.25) is 5.91 Å². The molecule has 1 aromatic rings. The normalized spacial score (nSPS) is 25.7. The molecule has 1 saturated heterocycles. The lowest BCUT2D eigenvalue weighted by atomic mass is 9.73. The molecule has 1 saturated carbocycles. The van der Waals surface area contributed by atoms with Crippen molar-refractivity contribution in [1.82, 2.24) is 10.2 Å². The second kappa shape index (κ2) is 7.09. The predicted octanol–water partition coefficient (Wildman–Crippen LogP) is 2.93. The van der Waals surface area contributed by atoms with Crippen LogP contribution in [0.4, 0.5) is 10.5 Å². The van der Waals surface area contributed by atoms with Crippen LogP contribution in [-0.4, -0.2) is 40.9 Å². The van der Waals surface area contributed by atoms with Gasteiger partial charge in [-0.1, -0.05) is 38.0 Å². The van der Waals surface area contributed by atoms with Crippen LogP contribution in [0.15, 0.2) is 30.3 Å².